The molecule has 0 spiro atoms. The molecule has 1 aliphatic heterocycles. The number of nitrogens with zero attached hydrogens (tertiary/aromatic N) is 1. The first kappa shape index (κ1) is 22.3. The second-order valence-corrected chi connectivity index (χ2v) is 8.67. The van der Waals surface area contributed by atoms with Crippen LogP contribution in [0.5, 0.6) is 0 Å². The quantitative estimate of drug-likeness (QED) is 0.373. The van der Waals surface area contributed by atoms with Gasteiger partial charge in [-0.3, -0.25) is 9.78 Å². The lowest BCUT2D eigenvalue weighted by molar-refractivity contribution is -0.143. The number of anilines is 1. The number of aliphatic hydroxyl groups is 1. The van der Waals surface area contributed by atoms with Gasteiger partial charge in [0.15, 0.2) is 5.76 Å². The highest BCUT2D eigenvalue weighted by Crippen LogP contribution is 2.40. The maximum Gasteiger partial charge on any atom is 0.290 e. The van der Waals surface area contributed by atoms with Crippen LogP contribution in [0.15, 0.2) is 78.8 Å². The van der Waals surface area contributed by atoms with Crippen LogP contribution in [-0.4, -0.2) is 35.5 Å². The molecular formula is C28H28N2O4. The van der Waals surface area contributed by atoms with Crippen molar-refractivity contribution in [2.75, 3.05) is 18.5 Å². The fourth-order valence-corrected chi connectivity index (χ4v) is 4.60. The number of aromatic nitrogens is 1. The predicted molar refractivity (Wildman–Crippen MR) is 130 cm³/mol. The number of carbonyl (C=O) groups excluding carboxylic acids is 1. The molecule has 2 heterocycles. The number of ether oxygens (including phenoxy) is 2. The molecule has 2 N–H and O–H groups in total. The van der Waals surface area contributed by atoms with E-state index in [0.29, 0.717) is 25.1 Å². The number of amides is 1. The largest absolute Gasteiger partial charge is 0.459 e. The van der Waals surface area contributed by atoms with Crippen molar-refractivity contribution in [2.24, 2.45) is 0 Å². The minimum Gasteiger partial charge on any atom is -0.459 e. The van der Waals surface area contributed by atoms with Gasteiger partial charge < -0.3 is 19.9 Å². The lowest BCUT2D eigenvalue weighted by Crippen LogP contribution is -2.29. The van der Waals surface area contributed by atoms with Crippen LogP contribution in [0.2, 0.25) is 0 Å². The van der Waals surface area contributed by atoms with Crippen LogP contribution in [0.4, 0.5) is 5.69 Å². The van der Waals surface area contributed by atoms with Gasteiger partial charge >= 0.3 is 0 Å². The van der Waals surface area contributed by atoms with E-state index < -0.39 is 6.29 Å². The van der Waals surface area contributed by atoms with E-state index in [2.05, 4.69) is 52.8 Å². The minimum atomic E-state index is -0.534. The van der Waals surface area contributed by atoms with Crippen LogP contribution < -0.4 is 5.32 Å². The van der Waals surface area contributed by atoms with Crippen molar-refractivity contribution >= 4 is 11.6 Å². The zero-order valence-electron chi connectivity index (χ0n) is 18.9. The summed E-state index contributed by atoms with van der Waals surface area (Å²) < 4.78 is 11.9. The fourth-order valence-electron chi connectivity index (χ4n) is 4.60. The maximum absolute atomic E-state index is 13.0. The number of unbranched alkanes of at least 4 members (excludes halogenated alkanes) is 1. The van der Waals surface area contributed by atoms with Gasteiger partial charge in [0.05, 0.1) is 18.5 Å². The third-order valence-corrected chi connectivity index (χ3v) is 6.30. The maximum atomic E-state index is 13.0. The SMILES string of the molecule is O=C(Nc1cccnc1)C1=C[C@@H](c2ccc3c(c2)Cc2ccccc2-3)C[C@@H](OCCCCO)O1. The molecule has 0 saturated heterocycles. The number of pyridine rings is 1. The monoisotopic (exact) mass is 456 g/mol. The van der Waals surface area contributed by atoms with Gasteiger partial charge in [-0.1, -0.05) is 42.5 Å². The Hall–Kier alpha value is -3.48. The highest BCUT2D eigenvalue weighted by atomic mass is 16.7. The van der Waals surface area contributed by atoms with Crippen molar-refractivity contribution in [1.29, 1.82) is 0 Å². The minimum absolute atomic E-state index is 0.0137. The van der Waals surface area contributed by atoms with Crippen molar-refractivity contribution in [2.45, 2.75) is 37.9 Å². The van der Waals surface area contributed by atoms with E-state index in [9.17, 15) is 4.79 Å². The Balaban J connectivity index is 1.38. The Labute approximate surface area is 199 Å². The molecule has 2 aliphatic rings. The number of hydrogen-bond acceptors (Lipinski definition) is 5. The Kier molecular flexibility index (Phi) is 6.70. The molecule has 0 bridgehead atoms. The van der Waals surface area contributed by atoms with Gasteiger partial charge in [0.25, 0.3) is 5.91 Å². The topological polar surface area (TPSA) is 80.7 Å². The number of fused-ring (bicyclic) bond motifs is 3. The molecule has 0 fully saturated rings. The molecule has 6 heteroatoms. The van der Waals surface area contributed by atoms with Crippen LogP contribution >= 0.6 is 0 Å². The van der Waals surface area contributed by atoms with Crippen LogP contribution in [0.1, 0.15) is 41.9 Å². The van der Waals surface area contributed by atoms with Gasteiger partial charge in [-0.2, -0.15) is 0 Å². The van der Waals surface area contributed by atoms with Gasteiger partial charge in [-0.05, 0) is 65.3 Å². The van der Waals surface area contributed by atoms with E-state index in [4.69, 9.17) is 14.6 Å². The van der Waals surface area contributed by atoms with Gasteiger partial charge in [-0.25, -0.2) is 0 Å². The lowest BCUT2D eigenvalue weighted by atomic mass is 9.90. The third-order valence-electron chi connectivity index (χ3n) is 6.30. The number of hydrogen-bond donors (Lipinski definition) is 2. The molecule has 3 aromatic rings. The summed E-state index contributed by atoms with van der Waals surface area (Å²) in [5, 5.41) is 11.9. The van der Waals surface area contributed by atoms with Crippen molar-refractivity contribution in [3.8, 4) is 11.1 Å². The molecule has 34 heavy (non-hydrogen) atoms. The van der Waals surface area contributed by atoms with Crippen LogP contribution in [-0.2, 0) is 20.7 Å². The van der Waals surface area contributed by atoms with E-state index in [-0.39, 0.29) is 24.2 Å². The molecule has 2 atom stereocenters. The molecule has 6 nitrogen and oxygen atoms in total. The summed E-state index contributed by atoms with van der Waals surface area (Å²) in [4.78, 5) is 17.0. The summed E-state index contributed by atoms with van der Waals surface area (Å²) in [5.74, 6) is -0.0912. The average Bonchev–Trinajstić information content (AvgIpc) is 3.25. The normalized spacial score (nSPS) is 18.4. The first-order valence-electron chi connectivity index (χ1n) is 11.7. The average molecular weight is 457 g/mol. The Morgan fingerprint density at radius 1 is 1.09 bits per heavy atom. The summed E-state index contributed by atoms with van der Waals surface area (Å²) >= 11 is 0. The van der Waals surface area contributed by atoms with Crippen LogP contribution in [0.25, 0.3) is 11.1 Å². The Morgan fingerprint density at radius 2 is 1.97 bits per heavy atom. The van der Waals surface area contributed by atoms with Gasteiger partial charge in [-0.15, -0.1) is 0 Å². The van der Waals surface area contributed by atoms with E-state index in [1.165, 1.54) is 22.3 Å². The summed E-state index contributed by atoms with van der Waals surface area (Å²) in [6, 6.07) is 18.7. The van der Waals surface area contributed by atoms with Gasteiger partial charge in [0.2, 0.25) is 6.29 Å². The molecule has 0 radical (unpaired) electrons. The van der Waals surface area contributed by atoms with E-state index in [1.807, 2.05) is 6.08 Å². The number of rotatable bonds is 8. The number of carbonyl (C=O) groups is 1. The molecule has 0 saturated carbocycles. The Morgan fingerprint density at radius 3 is 2.82 bits per heavy atom. The van der Waals surface area contributed by atoms with Crippen LogP contribution in [0, 0.1) is 0 Å². The smallest absolute Gasteiger partial charge is 0.290 e. The first-order valence-corrected chi connectivity index (χ1v) is 11.7. The molecule has 174 valence electrons. The molecule has 1 amide bonds. The van der Waals surface area contributed by atoms with Gasteiger partial charge in [0, 0.05) is 25.1 Å². The van der Waals surface area contributed by atoms with Gasteiger partial charge in [0.1, 0.15) is 0 Å². The highest BCUT2D eigenvalue weighted by Gasteiger charge is 2.30. The lowest BCUT2D eigenvalue weighted by Gasteiger charge is -2.29. The van der Waals surface area contributed by atoms with Crippen LogP contribution in [0.3, 0.4) is 0 Å². The second-order valence-electron chi connectivity index (χ2n) is 8.67. The zero-order chi connectivity index (χ0) is 23.3. The van der Waals surface area contributed by atoms with E-state index >= 15 is 0 Å². The molecular weight excluding hydrogens is 428 g/mol. The van der Waals surface area contributed by atoms with E-state index in [0.717, 1.165) is 18.4 Å². The number of benzene rings is 2. The first-order chi connectivity index (χ1) is 16.7. The predicted octanol–water partition coefficient (Wildman–Crippen LogP) is 4.79. The molecule has 5 rings (SSSR count). The van der Waals surface area contributed by atoms with Crippen molar-refractivity contribution in [1.82, 2.24) is 4.98 Å². The van der Waals surface area contributed by atoms with E-state index in [1.54, 1.807) is 24.5 Å². The van der Waals surface area contributed by atoms with Crippen molar-refractivity contribution < 1.29 is 19.4 Å². The second kappa shape index (κ2) is 10.2. The summed E-state index contributed by atoms with van der Waals surface area (Å²) in [6.07, 6.45) is 7.56. The fraction of sp³-hybridized carbons (Fsp3) is 0.286. The third kappa shape index (κ3) is 4.88. The summed E-state index contributed by atoms with van der Waals surface area (Å²) in [6.45, 7) is 0.600. The standard InChI is InChI=1S/C28H28N2O4/c31-12-3-4-13-33-27-17-21(16-26(34-27)28(32)30-23-7-5-11-29-18-23)19-9-10-25-22(14-19)15-20-6-1-2-8-24(20)25/h1-2,5-11,14,16,18,21,27,31H,3-4,12-13,15,17H2,(H,30,32)/t21-,27+/m1/s1. The molecule has 1 aromatic heterocycles. The van der Waals surface area contributed by atoms with Crippen molar-refractivity contribution in [3.63, 3.8) is 0 Å². The number of aliphatic hydroxyl groups excluding tert-OH is 1. The number of nitrogens with one attached hydrogen (secondary N) is 1. The molecule has 1 aliphatic carbocycles. The molecule has 2 aromatic carbocycles. The summed E-state index contributed by atoms with van der Waals surface area (Å²) in [7, 11) is 0. The Bertz CT molecular complexity index is 1190. The summed E-state index contributed by atoms with van der Waals surface area (Å²) in [5.41, 5.74) is 6.98. The highest BCUT2D eigenvalue weighted by molar-refractivity contribution is 6.02. The molecule has 0 unspecified atom stereocenters. The van der Waals surface area contributed by atoms with Crippen molar-refractivity contribution in [3.05, 3.63) is 95.5 Å². The number of allylic oxidation sites excluding steroid dienone is 1. The zero-order valence-corrected chi connectivity index (χ0v) is 18.9.